The first-order valence-corrected chi connectivity index (χ1v) is 10.9. The molecule has 0 atom stereocenters. The minimum atomic E-state index is -1.12. The number of fused-ring (bicyclic) bond motifs is 1. The van der Waals surface area contributed by atoms with Crippen molar-refractivity contribution in [3.8, 4) is 6.07 Å². The van der Waals surface area contributed by atoms with Gasteiger partial charge in [-0.25, -0.2) is 8.78 Å². The van der Waals surface area contributed by atoms with Crippen molar-refractivity contribution in [3.63, 3.8) is 0 Å². The Morgan fingerprint density at radius 1 is 1.21 bits per heavy atom. The van der Waals surface area contributed by atoms with Crippen LogP contribution in [0.4, 0.5) is 14.5 Å². The predicted molar refractivity (Wildman–Crippen MR) is 114 cm³/mol. The van der Waals surface area contributed by atoms with Crippen LogP contribution in [-0.2, 0) is 22.5 Å². The molecule has 0 spiro atoms. The molecule has 2 aromatic rings. The third-order valence-electron chi connectivity index (χ3n) is 6.17. The zero-order valence-electron chi connectivity index (χ0n) is 17.6. The SMILES string of the molecule is N#CC1(CC(=O)C(=O)c2c(Cl)c(C(=O)Nc3ccc(F)c(F)c3)c3n2CCC3)CCOCC1. The normalized spacial score (nSPS) is 16.7. The number of carbonyl (C=O) groups excluding carboxylic acids is 3. The molecule has 1 amide bonds. The fourth-order valence-electron chi connectivity index (χ4n) is 4.38. The number of carbonyl (C=O) groups is 3. The highest BCUT2D eigenvalue weighted by atomic mass is 35.5. The Labute approximate surface area is 193 Å². The van der Waals surface area contributed by atoms with Crippen LogP contribution in [0, 0.1) is 28.4 Å². The molecule has 10 heteroatoms. The fraction of sp³-hybridized carbons (Fsp3) is 0.391. The minimum Gasteiger partial charge on any atom is -0.381 e. The molecule has 0 bridgehead atoms. The number of nitrogens with zero attached hydrogens (tertiary/aromatic N) is 2. The number of nitrogens with one attached hydrogen (secondary N) is 1. The average Bonchev–Trinajstić information content (AvgIpc) is 3.35. The molecule has 1 saturated heterocycles. The van der Waals surface area contributed by atoms with E-state index >= 15 is 0 Å². The summed E-state index contributed by atoms with van der Waals surface area (Å²) in [5, 5.41) is 11.9. The average molecular weight is 476 g/mol. The molecule has 0 radical (unpaired) electrons. The van der Waals surface area contributed by atoms with Gasteiger partial charge in [0.1, 0.15) is 5.69 Å². The van der Waals surface area contributed by atoms with Crippen LogP contribution in [0.15, 0.2) is 18.2 Å². The molecule has 3 heterocycles. The summed E-state index contributed by atoms with van der Waals surface area (Å²) in [5.41, 5.74) is -0.504. The quantitative estimate of drug-likeness (QED) is 0.501. The molecule has 2 aliphatic heterocycles. The van der Waals surface area contributed by atoms with Crippen molar-refractivity contribution in [1.82, 2.24) is 4.57 Å². The summed E-state index contributed by atoms with van der Waals surface area (Å²) in [5.74, 6) is -4.47. The standard InChI is InChI=1S/C23H20ClF2N3O4/c24-19-18(22(32)28-13-3-4-14(25)15(26)10-13)16-2-1-7-29(16)20(19)21(31)17(30)11-23(12-27)5-8-33-9-6-23/h3-4,10H,1-2,5-9,11H2,(H,28,32). The van der Waals surface area contributed by atoms with Crippen LogP contribution in [0.2, 0.25) is 5.02 Å². The summed E-state index contributed by atoms with van der Waals surface area (Å²) in [4.78, 5) is 38.9. The van der Waals surface area contributed by atoms with E-state index in [9.17, 15) is 28.4 Å². The first-order chi connectivity index (χ1) is 15.8. The molecule has 4 rings (SSSR count). The first-order valence-electron chi connectivity index (χ1n) is 10.5. The number of ether oxygens (including phenoxy) is 1. The van der Waals surface area contributed by atoms with E-state index in [-0.39, 0.29) is 28.4 Å². The lowest BCUT2D eigenvalue weighted by Gasteiger charge is -2.29. The van der Waals surface area contributed by atoms with Crippen molar-refractivity contribution >= 4 is 34.8 Å². The Kier molecular flexibility index (Phi) is 6.32. The van der Waals surface area contributed by atoms with Crippen LogP contribution in [0.25, 0.3) is 0 Å². The maximum Gasteiger partial charge on any atom is 0.259 e. The van der Waals surface area contributed by atoms with Gasteiger partial charge < -0.3 is 14.6 Å². The molecule has 0 unspecified atom stereocenters. The lowest BCUT2D eigenvalue weighted by molar-refractivity contribution is -0.117. The number of amides is 1. The van der Waals surface area contributed by atoms with E-state index < -0.39 is 34.5 Å². The van der Waals surface area contributed by atoms with Crippen LogP contribution in [-0.4, -0.2) is 35.3 Å². The number of halogens is 3. The number of aromatic nitrogens is 1. The van der Waals surface area contributed by atoms with Gasteiger partial charge in [-0.1, -0.05) is 11.6 Å². The van der Waals surface area contributed by atoms with Gasteiger partial charge in [-0.05, 0) is 37.8 Å². The summed E-state index contributed by atoms with van der Waals surface area (Å²) in [6.45, 7) is 1.08. The molecule has 0 aliphatic carbocycles. The van der Waals surface area contributed by atoms with Gasteiger partial charge >= 0.3 is 0 Å². The van der Waals surface area contributed by atoms with Crippen molar-refractivity contribution < 1.29 is 27.9 Å². The summed E-state index contributed by atoms with van der Waals surface area (Å²) < 4.78 is 33.5. The molecule has 7 nitrogen and oxygen atoms in total. The van der Waals surface area contributed by atoms with Gasteiger partial charge in [0.05, 0.1) is 22.1 Å². The molecule has 2 aliphatic rings. The number of benzene rings is 1. The summed E-state index contributed by atoms with van der Waals surface area (Å²) in [7, 11) is 0. The molecular formula is C23H20ClF2N3O4. The Hall–Kier alpha value is -3.09. The van der Waals surface area contributed by atoms with Crippen LogP contribution >= 0.6 is 11.6 Å². The number of ketones is 2. The first kappa shape index (κ1) is 23.1. The number of anilines is 1. The monoisotopic (exact) mass is 475 g/mol. The Morgan fingerprint density at radius 2 is 1.94 bits per heavy atom. The molecule has 1 fully saturated rings. The Balaban J connectivity index is 1.62. The van der Waals surface area contributed by atoms with E-state index in [0.29, 0.717) is 51.1 Å². The van der Waals surface area contributed by atoms with Crippen LogP contribution in [0.5, 0.6) is 0 Å². The van der Waals surface area contributed by atoms with Gasteiger partial charge in [-0.2, -0.15) is 5.26 Å². The van der Waals surface area contributed by atoms with Crippen LogP contribution in [0.1, 0.15) is 52.2 Å². The minimum absolute atomic E-state index is 0.0207. The third kappa shape index (κ3) is 4.28. The highest BCUT2D eigenvalue weighted by Gasteiger charge is 2.40. The second kappa shape index (κ2) is 9.04. The van der Waals surface area contributed by atoms with E-state index in [1.165, 1.54) is 6.07 Å². The van der Waals surface area contributed by atoms with Crippen LogP contribution < -0.4 is 5.32 Å². The topological polar surface area (TPSA) is 101 Å². The van der Waals surface area contributed by atoms with E-state index in [1.807, 2.05) is 0 Å². The molecule has 0 saturated carbocycles. The van der Waals surface area contributed by atoms with E-state index in [0.717, 1.165) is 12.1 Å². The Morgan fingerprint density at radius 3 is 2.61 bits per heavy atom. The van der Waals surface area contributed by atoms with Gasteiger partial charge in [-0.15, -0.1) is 0 Å². The third-order valence-corrected chi connectivity index (χ3v) is 6.53. The summed E-state index contributed by atoms with van der Waals surface area (Å²) in [6, 6.07) is 5.08. The predicted octanol–water partition coefficient (Wildman–Crippen LogP) is 4.08. The second-order valence-corrected chi connectivity index (χ2v) is 8.63. The zero-order valence-corrected chi connectivity index (χ0v) is 18.3. The van der Waals surface area contributed by atoms with Gasteiger partial charge in [0.15, 0.2) is 11.6 Å². The summed E-state index contributed by atoms with van der Waals surface area (Å²) >= 11 is 6.44. The molecular weight excluding hydrogens is 456 g/mol. The van der Waals surface area contributed by atoms with E-state index in [2.05, 4.69) is 11.4 Å². The van der Waals surface area contributed by atoms with Crippen molar-refractivity contribution in [1.29, 1.82) is 5.26 Å². The van der Waals surface area contributed by atoms with Crippen molar-refractivity contribution in [2.75, 3.05) is 18.5 Å². The lowest BCUT2D eigenvalue weighted by atomic mass is 9.77. The second-order valence-electron chi connectivity index (χ2n) is 8.26. The highest BCUT2D eigenvalue weighted by Crippen LogP contribution is 2.37. The number of hydrogen-bond donors (Lipinski definition) is 1. The van der Waals surface area contributed by atoms with Gasteiger partial charge in [0.25, 0.3) is 5.91 Å². The van der Waals surface area contributed by atoms with E-state index in [4.69, 9.17) is 16.3 Å². The summed E-state index contributed by atoms with van der Waals surface area (Å²) in [6.07, 6.45) is 1.56. The smallest absolute Gasteiger partial charge is 0.259 e. The maximum atomic E-state index is 13.5. The lowest BCUT2D eigenvalue weighted by Crippen LogP contribution is -2.33. The number of Topliss-reactive ketones (excluding diaryl/α,β-unsaturated/α-hetero) is 2. The fourth-order valence-corrected chi connectivity index (χ4v) is 4.76. The number of nitriles is 1. The van der Waals surface area contributed by atoms with Gasteiger partial charge in [0, 0.05) is 43.6 Å². The van der Waals surface area contributed by atoms with Crippen LogP contribution in [0.3, 0.4) is 0 Å². The maximum absolute atomic E-state index is 13.5. The largest absolute Gasteiger partial charge is 0.381 e. The molecule has 172 valence electrons. The van der Waals surface area contributed by atoms with E-state index in [1.54, 1.807) is 4.57 Å². The number of hydrogen-bond acceptors (Lipinski definition) is 5. The molecule has 33 heavy (non-hydrogen) atoms. The van der Waals surface area contributed by atoms with Gasteiger partial charge in [0.2, 0.25) is 11.6 Å². The highest BCUT2D eigenvalue weighted by molar-refractivity contribution is 6.48. The zero-order chi connectivity index (χ0) is 23.8. The van der Waals surface area contributed by atoms with Crippen molar-refractivity contribution in [2.45, 2.75) is 38.6 Å². The molecule has 1 aromatic heterocycles. The van der Waals surface area contributed by atoms with Crippen molar-refractivity contribution in [3.05, 3.63) is 51.8 Å². The molecule has 1 N–H and O–H groups in total. The van der Waals surface area contributed by atoms with Crippen molar-refractivity contribution in [2.24, 2.45) is 5.41 Å². The Bertz CT molecular complexity index is 1200. The molecule has 1 aromatic carbocycles. The van der Waals surface area contributed by atoms with Gasteiger partial charge in [-0.3, -0.25) is 14.4 Å². The number of rotatable bonds is 6.